The largest absolute Gasteiger partial charge is 0.361 e. The highest BCUT2D eigenvalue weighted by atomic mass is 19.3. The first kappa shape index (κ1) is 9.15. The molecular formula is C10H10F2N2. The van der Waals surface area contributed by atoms with Crippen LogP contribution in [0, 0.1) is 0 Å². The van der Waals surface area contributed by atoms with Crippen LogP contribution in [0.5, 0.6) is 0 Å². The van der Waals surface area contributed by atoms with Gasteiger partial charge in [-0.1, -0.05) is 12.1 Å². The fourth-order valence-corrected chi connectivity index (χ4v) is 1.42. The number of aromatic amines is 1. The van der Waals surface area contributed by atoms with Gasteiger partial charge in [-0.25, -0.2) is 8.78 Å². The van der Waals surface area contributed by atoms with Gasteiger partial charge in [-0.15, -0.1) is 0 Å². The van der Waals surface area contributed by atoms with E-state index in [2.05, 4.69) is 4.98 Å². The molecule has 0 saturated carbocycles. The van der Waals surface area contributed by atoms with Crippen molar-refractivity contribution in [2.75, 3.05) is 0 Å². The summed E-state index contributed by atoms with van der Waals surface area (Å²) in [5, 5.41) is 0.996. The molecule has 0 aliphatic carbocycles. The van der Waals surface area contributed by atoms with Crippen molar-refractivity contribution in [3.8, 4) is 0 Å². The number of hydrogen-bond donors (Lipinski definition) is 2. The Labute approximate surface area is 79.7 Å². The average molecular weight is 196 g/mol. The fraction of sp³-hybridized carbons (Fsp3) is 0.200. The van der Waals surface area contributed by atoms with E-state index in [0.29, 0.717) is 5.56 Å². The van der Waals surface area contributed by atoms with Crippen molar-refractivity contribution in [2.45, 2.75) is 12.5 Å². The molecule has 2 aromatic rings. The van der Waals surface area contributed by atoms with Crippen molar-refractivity contribution in [3.05, 3.63) is 36.0 Å². The number of nitrogens with two attached hydrogens (primary N) is 1. The molecule has 1 atom stereocenters. The van der Waals surface area contributed by atoms with Gasteiger partial charge in [-0.05, 0) is 23.1 Å². The Morgan fingerprint density at radius 1 is 1.21 bits per heavy atom. The second-order valence-corrected chi connectivity index (χ2v) is 3.18. The highest BCUT2D eigenvalue weighted by Crippen LogP contribution is 2.21. The van der Waals surface area contributed by atoms with E-state index in [-0.39, 0.29) is 0 Å². The predicted molar refractivity (Wildman–Crippen MR) is 51.2 cm³/mol. The standard InChI is InChI=1S/C10H10F2N2/c11-10(12)9(13)7-2-1-6-3-4-14-8(6)5-7/h1-5,9-10,14H,13H2/t9-/m1/s1. The zero-order valence-electron chi connectivity index (χ0n) is 7.37. The van der Waals surface area contributed by atoms with Crippen molar-refractivity contribution in [1.29, 1.82) is 0 Å². The van der Waals surface area contributed by atoms with Gasteiger partial charge in [0.25, 0.3) is 6.43 Å². The fourth-order valence-electron chi connectivity index (χ4n) is 1.42. The average Bonchev–Trinajstić information content (AvgIpc) is 2.62. The van der Waals surface area contributed by atoms with E-state index in [1.54, 1.807) is 24.4 Å². The number of H-pyrrole nitrogens is 1. The van der Waals surface area contributed by atoms with E-state index in [1.165, 1.54) is 0 Å². The SMILES string of the molecule is N[C@H](c1ccc2cc[nH]c2c1)C(F)F. The highest BCUT2D eigenvalue weighted by molar-refractivity contribution is 5.79. The summed E-state index contributed by atoms with van der Waals surface area (Å²) in [5.74, 6) is 0. The molecule has 0 radical (unpaired) electrons. The quantitative estimate of drug-likeness (QED) is 0.761. The van der Waals surface area contributed by atoms with Crippen LogP contribution in [0.4, 0.5) is 8.78 Å². The molecule has 0 fully saturated rings. The molecule has 1 heterocycles. The molecule has 14 heavy (non-hydrogen) atoms. The molecule has 1 aromatic heterocycles. The van der Waals surface area contributed by atoms with Crippen LogP contribution in [-0.2, 0) is 0 Å². The first-order chi connectivity index (χ1) is 6.68. The van der Waals surface area contributed by atoms with Crippen LogP contribution in [-0.4, -0.2) is 11.4 Å². The van der Waals surface area contributed by atoms with Gasteiger partial charge in [0, 0.05) is 11.7 Å². The molecule has 74 valence electrons. The summed E-state index contributed by atoms with van der Waals surface area (Å²) < 4.78 is 24.6. The number of benzene rings is 1. The summed E-state index contributed by atoms with van der Waals surface area (Å²) >= 11 is 0. The molecular weight excluding hydrogens is 186 g/mol. The maximum Gasteiger partial charge on any atom is 0.257 e. The Bertz CT molecular complexity index is 436. The summed E-state index contributed by atoms with van der Waals surface area (Å²) in [6.45, 7) is 0. The van der Waals surface area contributed by atoms with Crippen molar-refractivity contribution < 1.29 is 8.78 Å². The molecule has 0 aliphatic heterocycles. The number of aromatic nitrogens is 1. The van der Waals surface area contributed by atoms with Crippen molar-refractivity contribution in [2.24, 2.45) is 5.73 Å². The maximum absolute atomic E-state index is 12.3. The van der Waals surface area contributed by atoms with Crippen molar-refractivity contribution >= 4 is 10.9 Å². The van der Waals surface area contributed by atoms with Crippen LogP contribution >= 0.6 is 0 Å². The second kappa shape index (κ2) is 3.38. The minimum absolute atomic E-state index is 0.454. The van der Waals surface area contributed by atoms with Crippen LogP contribution < -0.4 is 5.73 Å². The predicted octanol–water partition coefficient (Wildman–Crippen LogP) is 2.43. The van der Waals surface area contributed by atoms with Gasteiger partial charge >= 0.3 is 0 Å². The summed E-state index contributed by atoms with van der Waals surface area (Å²) in [7, 11) is 0. The summed E-state index contributed by atoms with van der Waals surface area (Å²) in [6, 6.07) is 5.75. The molecule has 0 bridgehead atoms. The summed E-state index contributed by atoms with van der Waals surface area (Å²) in [6.07, 6.45) is -0.759. The number of alkyl halides is 2. The van der Waals surface area contributed by atoms with Crippen LogP contribution in [0.15, 0.2) is 30.5 Å². The Morgan fingerprint density at radius 2 is 2.00 bits per heavy atom. The first-order valence-corrected chi connectivity index (χ1v) is 4.29. The maximum atomic E-state index is 12.3. The zero-order valence-corrected chi connectivity index (χ0v) is 7.37. The topological polar surface area (TPSA) is 41.8 Å². The molecule has 1 aromatic carbocycles. The van der Waals surface area contributed by atoms with Gasteiger partial charge in [0.2, 0.25) is 0 Å². The molecule has 2 rings (SSSR count). The van der Waals surface area contributed by atoms with Crippen LogP contribution in [0.1, 0.15) is 11.6 Å². The minimum Gasteiger partial charge on any atom is -0.361 e. The van der Waals surface area contributed by atoms with E-state index in [1.807, 2.05) is 6.07 Å². The van der Waals surface area contributed by atoms with Crippen molar-refractivity contribution in [1.82, 2.24) is 4.98 Å². The third-order valence-electron chi connectivity index (χ3n) is 2.24. The van der Waals surface area contributed by atoms with Crippen LogP contribution in [0.25, 0.3) is 10.9 Å². The molecule has 4 heteroatoms. The van der Waals surface area contributed by atoms with E-state index >= 15 is 0 Å². The van der Waals surface area contributed by atoms with Gasteiger partial charge in [0.1, 0.15) is 0 Å². The number of fused-ring (bicyclic) bond motifs is 1. The van der Waals surface area contributed by atoms with Crippen LogP contribution in [0.2, 0.25) is 0 Å². The molecule has 0 saturated heterocycles. The molecule has 0 unspecified atom stereocenters. The van der Waals surface area contributed by atoms with E-state index in [4.69, 9.17) is 5.73 Å². The molecule has 0 spiro atoms. The lowest BCUT2D eigenvalue weighted by atomic mass is 10.1. The Kier molecular flexibility index (Phi) is 2.21. The lowest BCUT2D eigenvalue weighted by Crippen LogP contribution is -2.18. The van der Waals surface area contributed by atoms with Gasteiger partial charge in [0.05, 0.1) is 6.04 Å². The van der Waals surface area contributed by atoms with Crippen molar-refractivity contribution in [3.63, 3.8) is 0 Å². The zero-order chi connectivity index (χ0) is 10.1. The highest BCUT2D eigenvalue weighted by Gasteiger charge is 2.17. The molecule has 2 nitrogen and oxygen atoms in total. The van der Waals surface area contributed by atoms with Gasteiger partial charge in [0.15, 0.2) is 0 Å². The first-order valence-electron chi connectivity index (χ1n) is 4.29. The third kappa shape index (κ3) is 1.48. The number of rotatable bonds is 2. The van der Waals surface area contributed by atoms with E-state index < -0.39 is 12.5 Å². The normalized spacial score (nSPS) is 13.7. The lowest BCUT2D eigenvalue weighted by molar-refractivity contribution is 0.116. The number of halogens is 2. The Balaban J connectivity index is 2.43. The summed E-state index contributed by atoms with van der Waals surface area (Å²) in [5.41, 5.74) is 6.62. The number of hydrogen-bond acceptors (Lipinski definition) is 1. The molecule has 0 amide bonds. The second-order valence-electron chi connectivity index (χ2n) is 3.18. The summed E-state index contributed by atoms with van der Waals surface area (Å²) in [4.78, 5) is 2.95. The minimum atomic E-state index is -2.53. The monoisotopic (exact) mass is 196 g/mol. The Morgan fingerprint density at radius 3 is 2.71 bits per heavy atom. The van der Waals surface area contributed by atoms with E-state index in [9.17, 15) is 8.78 Å². The molecule has 0 aliphatic rings. The van der Waals surface area contributed by atoms with Crippen LogP contribution in [0.3, 0.4) is 0 Å². The third-order valence-corrected chi connectivity index (χ3v) is 2.24. The Hall–Kier alpha value is -1.42. The lowest BCUT2D eigenvalue weighted by Gasteiger charge is -2.10. The van der Waals surface area contributed by atoms with E-state index in [0.717, 1.165) is 10.9 Å². The van der Waals surface area contributed by atoms with Gasteiger partial charge in [-0.2, -0.15) is 0 Å². The van der Waals surface area contributed by atoms with Gasteiger partial charge < -0.3 is 10.7 Å². The van der Waals surface area contributed by atoms with Gasteiger partial charge in [-0.3, -0.25) is 0 Å². The molecule has 3 N–H and O–H groups in total. The smallest absolute Gasteiger partial charge is 0.257 e. The number of nitrogens with one attached hydrogen (secondary N) is 1.